The van der Waals surface area contributed by atoms with Crippen molar-refractivity contribution in [1.29, 1.82) is 0 Å². The lowest BCUT2D eigenvalue weighted by Crippen LogP contribution is -2.39. The largest absolute Gasteiger partial charge is 0.392 e. The number of imidazole rings is 1. The molecule has 0 aliphatic carbocycles. The van der Waals surface area contributed by atoms with Crippen molar-refractivity contribution in [3.05, 3.63) is 142 Å². The van der Waals surface area contributed by atoms with Crippen LogP contribution in [-0.4, -0.2) is 31.7 Å². The van der Waals surface area contributed by atoms with Crippen molar-refractivity contribution in [2.45, 2.75) is 45.1 Å². The SMILES string of the molecule is C[C@H]1[C@@H](Cn2cnc(Cl)c2Cl)O[C@@H](c2ccc(-c3ccccc3CNC(=O)c3cccnc3)cc2)O[C@H]1c1ccc(CO)cc1. The molecule has 5 aromatic rings. The molecule has 2 N–H and O–H groups in total. The number of aliphatic hydroxyl groups excluding tert-OH is 1. The van der Waals surface area contributed by atoms with Gasteiger partial charge in [-0.2, -0.15) is 0 Å². The predicted molar refractivity (Wildman–Crippen MR) is 173 cm³/mol. The fourth-order valence-corrected chi connectivity index (χ4v) is 5.86. The monoisotopic (exact) mass is 642 g/mol. The Hall–Kier alpha value is -4.05. The van der Waals surface area contributed by atoms with Crippen LogP contribution in [0.15, 0.2) is 104 Å². The van der Waals surface area contributed by atoms with Crippen molar-refractivity contribution in [3.63, 3.8) is 0 Å². The Morgan fingerprint density at radius 1 is 0.956 bits per heavy atom. The van der Waals surface area contributed by atoms with Crippen molar-refractivity contribution >= 4 is 29.1 Å². The van der Waals surface area contributed by atoms with Gasteiger partial charge in [0.05, 0.1) is 37.3 Å². The van der Waals surface area contributed by atoms with E-state index in [0.717, 1.165) is 33.4 Å². The van der Waals surface area contributed by atoms with Crippen LogP contribution in [0.5, 0.6) is 0 Å². The van der Waals surface area contributed by atoms with E-state index in [-0.39, 0.29) is 35.8 Å². The highest BCUT2D eigenvalue weighted by Crippen LogP contribution is 2.42. The third kappa shape index (κ3) is 6.96. The lowest BCUT2D eigenvalue weighted by Gasteiger charge is -2.41. The molecule has 0 bridgehead atoms. The Balaban J connectivity index is 1.24. The van der Waals surface area contributed by atoms with Crippen LogP contribution in [-0.2, 0) is 29.2 Å². The first-order chi connectivity index (χ1) is 21.9. The summed E-state index contributed by atoms with van der Waals surface area (Å²) in [4.78, 5) is 20.8. The number of nitrogens with zero attached hydrogens (tertiary/aromatic N) is 3. The van der Waals surface area contributed by atoms with Crippen molar-refractivity contribution in [1.82, 2.24) is 19.9 Å². The van der Waals surface area contributed by atoms with Crippen molar-refractivity contribution in [3.8, 4) is 11.1 Å². The molecule has 4 atom stereocenters. The number of ether oxygens (including phenoxy) is 2. The molecule has 8 nitrogen and oxygen atoms in total. The van der Waals surface area contributed by atoms with Gasteiger partial charge in [0.1, 0.15) is 5.15 Å². The van der Waals surface area contributed by atoms with Crippen LogP contribution in [0.4, 0.5) is 0 Å². The van der Waals surface area contributed by atoms with E-state index in [0.29, 0.717) is 23.8 Å². The van der Waals surface area contributed by atoms with Crippen LogP contribution in [0, 0.1) is 5.92 Å². The first-order valence-electron chi connectivity index (χ1n) is 14.6. The molecule has 45 heavy (non-hydrogen) atoms. The number of pyridine rings is 1. The normalized spacial score (nSPS) is 19.7. The summed E-state index contributed by atoms with van der Waals surface area (Å²) < 4.78 is 14.9. The Kier molecular flexibility index (Phi) is 9.59. The van der Waals surface area contributed by atoms with E-state index < -0.39 is 6.29 Å². The second kappa shape index (κ2) is 13.9. The fourth-order valence-electron chi connectivity index (χ4n) is 5.54. The Morgan fingerprint density at radius 3 is 2.40 bits per heavy atom. The summed E-state index contributed by atoms with van der Waals surface area (Å²) in [5.41, 5.74) is 6.21. The van der Waals surface area contributed by atoms with E-state index in [9.17, 15) is 9.90 Å². The van der Waals surface area contributed by atoms with Crippen LogP contribution in [0.2, 0.25) is 10.3 Å². The minimum Gasteiger partial charge on any atom is -0.392 e. The number of amides is 1. The molecule has 1 saturated heterocycles. The molecule has 0 spiro atoms. The molecule has 230 valence electrons. The number of carbonyl (C=O) groups excluding carboxylic acids is 1. The zero-order valence-corrected chi connectivity index (χ0v) is 26.0. The molecule has 1 aliphatic rings. The van der Waals surface area contributed by atoms with E-state index in [2.05, 4.69) is 22.2 Å². The number of hydrogen-bond donors (Lipinski definition) is 2. The second-order valence-electron chi connectivity index (χ2n) is 11.0. The van der Waals surface area contributed by atoms with Crippen LogP contribution < -0.4 is 5.32 Å². The average Bonchev–Trinajstić information content (AvgIpc) is 3.41. The maximum Gasteiger partial charge on any atom is 0.253 e. The first kappa shape index (κ1) is 31.0. The summed E-state index contributed by atoms with van der Waals surface area (Å²) in [5.74, 6) is -0.213. The quantitative estimate of drug-likeness (QED) is 0.177. The van der Waals surface area contributed by atoms with Crippen LogP contribution in [0.1, 0.15) is 51.9 Å². The summed E-state index contributed by atoms with van der Waals surface area (Å²) in [7, 11) is 0. The van der Waals surface area contributed by atoms with Gasteiger partial charge < -0.3 is 24.5 Å². The fraction of sp³-hybridized carbons (Fsp3) is 0.229. The molecular formula is C35H32Cl2N4O4. The summed E-state index contributed by atoms with van der Waals surface area (Å²) in [6, 6.07) is 27.3. The van der Waals surface area contributed by atoms with Gasteiger partial charge in [0.2, 0.25) is 0 Å². The standard InChI is InChI=1S/C35H32Cl2N4O4/c1-22-30(19-41-21-40-32(36)33(41)37)44-35(45-31(22)25-10-8-23(20-42)9-11-25)26-14-12-24(13-15-26)29-7-3-2-5-27(29)18-39-34(43)28-6-4-16-38-17-28/h2-17,21-22,30-31,35,42H,18-20H2,1H3,(H,39,43)/t22-,30+,31+,35+/m0/s1. The Bertz CT molecular complexity index is 1750. The van der Waals surface area contributed by atoms with Crippen LogP contribution in [0.25, 0.3) is 11.1 Å². The second-order valence-corrected chi connectivity index (χ2v) is 11.7. The zero-order chi connectivity index (χ0) is 31.3. The summed E-state index contributed by atoms with van der Waals surface area (Å²) >= 11 is 12.5. The molecule has 6 rings (SSSR count). The lowest BCUT2D eigenvalue weighted by atomic mass is 9.90. The number of benzene rings is 3. The predicted octanol–water partition coefficient (Wildman–Crippen LogP) is 7.17. The van der Waals surface area contributed by atoms with Crippen LogP contribution in [0.3, 0.4) is 0 Å². The topological polar surface area (TPSA) is 98.5 Å². The molecule has 0 radical (unpaired) electrons. The van der Waals surface area contributed by atoms with Gasteiger partial charge >= 0.3 is 0 Å². The molecule has 0 saturated carbocycles. The molecular weight excluding hydrogens is 611 g/mol. The lowest BCUT2D eigenvalue weighted by molar-refractivity contribution is -0.276. The van der Waals surface area contributed by atoms with Gasteiger partial charge in [-0.25, -0.2) is 4.98 Å². The third-order valence-electron chi connectivity index (χ3n) is 8.11. The van der Waals surface area contributed by atoms with Gasteiger partial charge in [-0.15, -0.1) is 0 Å². The molecule has 0 unspecified atom stereocenters. The van der Waals surface area contributed by atoms with Crippen molar-refractivity contribution in [2.75, 3.05) is 0 Å². The van der Waals surface area contributed by atoms with Gasteiger partial charge in [-0.3, -0.25) is 9.78 Å². The molecule has 1 fully saturated rings. The molecule has 3 heterocycles. The van der Waals surface area contributed by atoms with E-state index in [1.807, 2.05) is 72.8 Å². The minimum atomic E-state index is -0.644. The molecule has 1 amide bonds. The maximum atomic E-state index is 12.6. The smallest absolute Gasteiger partial charge is 0.253 e. The van der Waals surface area contributed by atoms with Gasteiger partial charge in [0.15, 0.2) is 11.4 Å². The van der Waals surface area contributed by atoms with Crippen LogP contribution >= 0.6 is 23.2 Å². The number of nitrogens with one attached hydrogen (secondary N) is 1. The van der Waals surface area contributed by atoms with Crippen molar-refractivity contribution in [2.24, 2.45) is 5.92 Å². The zero-order valence-electron chi connectivity index (χ0n) is 24.5. The highest BCUT2D eigenvalue weighted by Gasteiger charge is 2.39. The van der Waals surface area contributed by atoms with E-state index in [1.54, 1.807) is 35.4 Å². The number of aromatic nitrogens is 3. The number of carbonyl (C=O) groups is 1. The highest BCUT2D eigenvalue weighted by molar-refractivity contribution is 6.40. The summed E-state index contributed by atoms with van der Waals surface area (Å²) in [6.07, 6.45) is 3.62. The van der Waals surface area contributed by atoms with Gasteiger partial charge in [-0.05, 0) is 39.9 Å². The number of aliphatic hydroxyl groups is 1. The average molecular weight is 644 g/mol. The maximum absolute atomic E-state index is 12.6. The highest BCUT2D eigenvalue weighted by atomic mass is 35.5. The van der Waals surface area contributed by atoms with Gasteiger partial charge in [-0.1, -0.05) is 103 Å². The third-order valence-corrected chi connectivity index (χ3v) is 8.88. The van der Waals surface area contributed by atoms with E-state index in [4.69, 9.17) is 32.7 Å². The number of halogens is 2. The van der Waals surface area contributed by atoms with Gasteiger partial charge in [0, 0.05) is 30.4 Å². The summed E-state index contributed by atoms with van der Waals surface area (Å²) in [5, 5.41) is 13.1. The summed E-state index contributed by atoms with van der Waals surface area (Å²) in [6.45, 7) is 2.88. The molecule has 10 heteroatoms. The molecule has 3 aromatic carbocycles. The molecule has 2 aromatic heterocycles. The van der Waals surface area contributed by atoms with E-state index in [1.165, 1.54) is 0 Å². The van der Waals surface area contributed by atoms with E-state index >= 15 is 0 Å². The van der Waals surface area contributed by atoms with Gasteiger partial charge in [0.25, 0.3) is 5.91 Å². The number of hydrogen-bond acceptors (Lipinski definition) is 6. The number of rotatable bonds is 9. The minimum absolute atomic E-state index is 0.0258. The Morgan fingerprint density at radius 2 is 1.71 bits per heavy atom. The Labute approximate surface area is 271 Å². The van der Waals surface area contributed by atoms with Crippen molar-refractivity contribution < 1.29 is 19.4 Å². The first-order valence-corrected chi connectivity index (χ1v) is 15.4. The molecule has 1 aliphatic heterocycles.